The topological polar surface area (TPSA) is 57.8 Å². The van der Waals surface area contributed by atoms with Crippen molar-refractivity contribution >= 4 is 23.2 Å². The number of halogens is 2. The van der Waals surface area contributed by atoms with E-state index in [2.05, 4.69) is 15.5 Å². The Morgan fingerprint density at radius 1 is 1.16 bits per heavy atom. The number of nitrogens with zero attached hydrogens (tertiary/aromatic N) is 1. The maximum atomic E-state index is 13.2. The molecular weight excluding hydrogens is 341 g/mol. The van der Waals surface area contributed by atoms with Crippen molar-refractivity contribution in [3.05, 3.63) is 70.6 Å². The van der Waals surface area contributed by atoms with E-state index in [1.807, 2.05) is 13.8 Å². The lowest BCUT2D eigenvalue weighted by molar-refractivity contribution is 0.102. The predicted molar refractivity (Wildman–Crippen MR) is 97.5 cm³/mol. The van der Waals surface area contributed by atoms with Crippen molar-refractivity contribution in [3.8, 4) is 11.3 Å². The highest BCUT2D eigenvalue weighted by Crippen LogP contribution is 2.33. The van der Waals surface area contributed by atoms with Gasteiger partial charge in [-0.1, -0.05) is 37.6 Å². The molecule has 4 nitrogen and oxygen atoms in total. The second-order valence-electron chi connectivity index (χ2n) is 5.96. The summed E-state index contributed by atoms with van der Waals surface area (Å²) in [5, 5.41) is 10.6. The summed E-state index contributed by atoms with van der Waals surface area (Å²) in [6.07, 6.45) is 0. The summed E-state index contributed by atoms with van der Waals surface area (Å²) in [6, 6.07) is 12.8. The number of hydrogen-bond donors (Lipinski definition) is 2. The van der Waals surface area contributed by atoms with Gasteiger partial charge in [-0.2, -0.15) is 5.10 Å². The van der Waals surface area contributed by atoms with Gasteiger partial charge < -0.3 is 5.32 Å². The zero-order chi connectivity index (χ0) is 18.0. The summed E-state index contributed by atoms with van der Waals surface area (Å²) in [5.74, 6) is -0.537. The molecule has 0 saturated heterocycles. The first-order chi connectivity index (χ1) is 12.0. The number of anilines is 1. The fourth-order valence-corrected chi connectivity index (χ4v) is 2.76. The highest BCUT2D eigenvalue weighted by molar-refractivity contribution is 6.34. The summed E-state index contributed by atoms with van der Waals surface area (Å²) in [5.41, 5.74) is 3.01. The van der Waals surface area contributed by atoms with E-state index < -0.39 is 0 Å². The van der Waals surface area contributed by atoms with E-state index in [9.17, 15) is 9.18 Å². The lowest BCUT2D eigenvalue weighted by atomic mass is 10.0. The molecule has 25 heavy (non-hydrogen) atoms. The van der Waals surface area contributed by atoms with Crippen molar-refractivity contribution in [2.24, 2.45) is 0 Å². The third kappa shape index (κ3) is 3.56. The Morgan fingerprint density at radius 2 is 1.84 bits per heavy atom. The molecule has 1 amide bonds. The molecule has 0 aliphatic heterocycles. The number of carbonyl (C=O) groups is 1. The van der Waals surface area contributed by atoms with Crippen LogP contribution < -0.4 is 5.32 Å². The van der Waals surface area contributed by atoms with Gasteiger partial charge in [0.25, 0.3) is 5.91 Å². The zero-order valence-corrected chi connectivity index (χ0v) is 14.6. The van der Waals surface area contributed by atoms with Gasteiger partial charge in [0.1, 0.15) is 11.5 Å². The van der Waals surface area contributed by atoms with Crippen molar-refractivity contribution < 1.29 is 9.18 Å². The zero-order valence-electron chi connectivity index (χ0n) is 13.8. The van der Waals surface area contributed by atoms with Crippen molar-refractivity contribution in [3.63, 3.8) is 0 Å². The summed E-state index contributed by atoms with van der Waals surface area (Å²) in [4.78, 5) is 12.6. The highest BCUT2D eigenvalue weighted by atomic mass is 35.5. The molecule has 0 saturated carbocycles. The number of aromatic amines is 1. The van der Waals surface area contributed by atoms with Gasteiger partial charge in [0.05, 0.1) is 22.0 Å². The molecule has 0 unspecified atom stereocenters. The molecule has 0 bridgehead atoms. The fourth-order valence-electron chi connectivity index (χ4n) is 2.54. The minimum atomic E-state index is -0.329. The molecule has 0 radical (unpaired) electrons. The number of aromatic nitrogens is 2. The maximum absolute atomic E-state index is 13.2. The molecule has 1 heterocycles. The van der Waals surface area contributed by atoms with E-state index >= 15 is 0 Å². The molecule has 0 aliphatic rings. The van der Waals surface area contributed by atoms with Gasteiger partial charge in [0.15, 0.2) is 0 Å². The quantitative estimate of drug-likeness (QED) is 0.670. The van der Waals surface area contributed by atoms with Crippen LogP contribution in [0.2, 0.25) is 5.02 Å². The average Bonchev–Trinajstić information content (AvgIpc) is 2.99. The molecule has 0 spiro atoms. The molecule has 6 heteroatoms. The fraction of sp³-hybridized carbons (Fsp3) is 0.158. The number of nitrogens with one attached hydrogen (secondary N) is 2. The van der Waals surface area contributed by atoms with Crippen LogP contribution in [-0.2, 0) is 0 Å². The first-order valence-corrected chi connectivity index (χ1v) is 8.25. The first-order valence-electron chi connectivity index (χ1n) is 7.87. The SMILES string of the molecule is CC(C)c1[nH]nc(-c2ccc(F)cc2)c1NC(=O)c1ccccc1Cl. The number of carbonyl (C=O) groups excluding carboxylic acids is 1. The van der Waals surface area contributed by atoms with Gasteiger partial charge in [-0.3, -0.25) is 9.89 Å². The second kappa shape index (κ2) is 7.07. The molecule has 2 aromatic carbocycles. The van der Waals surface area contributed by atoms with Gasteiger partial charge in [-0.05, 0) is 42.3 Å². The first kappa shape index (κ1) is 17.2. The summed E-state index contributed by atoms with van der Waals surface area (Å²) < 4.78 is 13.2. The number of hydrogen-bond acceptors (Lipinski definition) is 2. The monoisotopic (exact) mass is 357 g/mol. The van der Waals surface area contributed by atoms with E-state index in [0.717, 1.165) is 5.69 Å². The van der Waals surface area contributed by atoms with Gasteiger partial charge in [0, 0.05) is 5.56 Å². The van der Waals surface area contributed by atoms with E-state index in [-0.39, 0.29) is 17.6 Å². The second-order valence-corrected chi connectivity index (χ2v) is 6.36. The normalized spacial score (nSPS) is 10.9. The average molecular weight is 358 g/mol. The Balaban J connectivity index is 2.02. The largest absolute Gasteiger partial charge is 0.318 e. The van der Waals surface area contributed by atoms with Crippen LogP contribution in [0.1, 0.15) is 35.8 Å². The van der Waals surface area contributed by atoms with Crippen LogP contribution in [0.3, 0.4) is 0 Å². The van der Waals surface area contributed by atoms with Crippen molar-refractivity contribution in [2.75, 3.05) is 5.32 Å². The predicted octanol–water partition coefficient (Wildman–Crippen LogP) is 5.24. The molecule has 0 fully saturated rings. The lowest BCUT2D eigenvalue weighted by Gasteiger charge is -2.11. The molecular formula is C19H17ClFN3O. The number of amides is 1. The lowest BCUT2D eigenvalue weighted by Crippen LogP contribution is -2.14. The van der Waals surface area contributed by atoms with Crippen molar-refractivity contribution in [1.29, 1.82) is 0 Å². The van der Waals surface area contributed by atoms with Crippen LogP contribution in [0.15, 0.2) is 48.5 Å². The van der Waals surface area contributed by atoms with Crippen LogP contribution >= 0.6 is 11.6 Å². The highest BCUT2D eigenvalue weighted by Gasteiger charge is 2.20. The summed E-state index contributed by atoms with van der Waals surface area (Å²) in [7, 11) is 0. The maximum Gasteiger partial charge on any atom is 0.257 e. The van der Waals surface area contributed by atoms with Crippen LogP contribution in [0.25, 0.3) is 11.3 Å². The van der Waals surface area contributed by atoms with Crippen molar-refractivity contribution in [1.82, 2.24) is 10.2 Å². The van der Waals surface area contributed by atoms with E-state index in [1.165, 1.54) is 12.1 Å². The third-order valence-corrected chi connectivity index (χ3v) is 4.18. The molecule has 1 aromatic heterocycles. The molecule has 3 aromatic rings. The van der Waals surface area contributed by atoms with Gasteiger partial charge >= 0.3 is 0 Å². The molecule has 0 aliphatic carbocycles. The molecule has 0 atom stereocenters. The number of H-pyrrole nitrogens is 1. The Hall–Kier alpha value is -2.66. The molecule has 2 N–H and O–H groups in total. The Labute approximate surface area is 150 Å². The Morgan fingerprint density at radius 3 is 2.48 bits per heavy atom. The molecule has 3 rings (SSSR count). The Kier molecular flexibility index (Phi) is 4.86. The van der Waals surface area contributed by atoms with E-state index in [4.69, 9.17) is 11.6 Å². The van der Waals surface area contributed by atoms with Gasteiger partial charge in [0.2, 0.25) is 0 Å². The molecule has 128 valence electrons. The smallest absolute Gasteiger partial charge is 0.257 e. The number of rotatable bonds is 4. The van der Waals surface area contributed by atoms with Crippen LogP contribution in [0, 0.1) is 5.82 Å². The van der Waals surface area contributed by atoms with Crippen LogP contribution in [0.4, 0.5) is 10.1 Å². The Bertz CT molecular complexity index is 903. The van der Waals surface area contributed by atoms with Crippen LogP contribution in [0.5, 0.6) is 0 Å². The van der Waals surface area contributed by atoms with E-state index in [0.29, 0.717) is 27.5 Å². The van der Waals surface area contributed by atoms with Crippen LogP contribution in [-0.4, -0.2) is 16.1 Å². The minimum Gasteiger partial charge on any atom is -0.318 e. The van der Waals surface area contributed by atoms with Crippen molar-refractivity contribution in [2.45, 2.75) is 19.8 Å². The summed E-state index contributed by atoms with van der Waals surface area (Å²) >= 11 is 6.11. The standard InChI is InChI=1S/C19H17ClFN3O/c1-11(2)16-18(22-19(25)14-5-3-4-6-15(14)20)17(24-23-16)12-7-9-13(21)10-8-12/h3-11H,1-2H3,(H,22,25)(H,23,24). The minimum absolute atomic E-state index is 0.114. The van der Waals surface area contributed by atoms with Gasteiger partial charge in [-0.25, -0.2) is 4.39 Å². The van der Waals surface area contributed by atoms with Gasteiger partial charge in [-0.15, -0.1) is 0 Å². The number of benzene rings is 2. The summed E-state index contributed by atoms with van der Waals surface area (Å²) in [6.45, 7) is 3.99. The third-order valence-electron chi connectivity index (χ3n) is 3.85. The van der Waals surface area contributed by atoms with E-state index in [1.54, 1.807) is 36.4 Å².